The second-order valence-electron chi connectivity index (χ2n) is 5.44. The summed E-state index contributed by atoms with van der Waals surface area (Å²) in [6.45, 7) is 7.02. The molecule has 1 aliphatic rings. The molecule has 1 fully saturated rings. The van der Waals surface area contributed by atoms with Gasteiger partial charge in [-0.25, -0.2) is 0 Å². The third-order valence-electron chi connectivity index (χ3n) is 3.43. The molecule has 19 heavy (non-hydrogen) atoms. The molecule has 0 radical (unpaired) electrons. The van der Waals surface area contributed by atoms with Crippen molar-refractivity contribution in [3.05, 3.63) is 28.2 Å². The summed E-state index contributed by atoms with van der Waals surface area (Å²) in [6, 6.07) is 6.38. The van der Waals surface area contributed by atoms with E-state index in [0.29, 0.717) is 6.04 Å². The number of halogens is 1. The summed E-state index contributed by atoms with van der Waals surface area (Å²) in [6.07, 6.45) is 1.98. The first-order chi connectivity index (χ1) is 8.99. The molecule has 1 atom stereocenters. The van der Waals surface area contributed by atoms with E-state index in [0.717, 1.165) is 35.1 Å². The topological polar surface area (TPSA) is 32.3 Å². The molecular formula is C15H21BrN2O. The first-order valence-electron chi connectivity index (χ1n) is 6.82. The number of rotatable bonds is 3. The normalized spacial score (nSPS) is 20.2. The van der Waals surface area contributed by atoms with Gasteiger partial charge in [0.2, 0.25) is 5.91 Å². The highest BCUT2D eigenvalue weighted by atomic mass is 79.9. The summed E-state index contributed by atoms with van der Waals surface area (Å²) >= 11 is 3.50. The van der Waals surface area contributed by atoms with Crippen LogP contribution in [0.15, 0.2) is 22.7 Å². The van der Waals surface area contributed by atoms with Crippen LogP contribution >= 0.6 is 15.9 Å². The Balaban J connectivity index is 2.19. The van der Waals surface area contributed by atoms with E-state index < -0.39 is 0 Å². The maximum Gasteiger partial charge on any atom is 0.244 e. The number of carbonyl (C=O) groups is 1. The van der Waals surface area contributed by atoms with Crippen molar-refractivity contribution < 1.29 is 4.79 Å². The molecular weight excluding hydrogens is 304 g/mol. The van der Waals surface area contributed by atoms with Crippen LogP contribution in [0.2, 0.25) is 0 Å². The van der Waals surface area contributed by atoms with Crippen LogP contribution in [-0.4, -0.2) is 24.5 Å². The standard InChI is InChI=1S/C15H21BrN2O/c1-10(2)17-14-5-4-8-18(15(14)19)12-6-7-13(16)11(3)9-12/h6-7,9-10,14,17H,4-5,8H2,1-3H3. The van der Waals surface area contributed by atoms with Crippen LogP contribution in [0.5, 0.6) is 0 Å². The number of amides is 1. The molecule has 1 saturated heterocycles. The summed E-state index contributed by atoms with van der Waals surface area (Å²) < 4.78 is 1.08. The van der Waals surface area contributed by atoms with Crippen molar-refractivity contribution in [3.8, 4) is 0 Å². The zero-order valence-corrected chi connectivity index (χ0v) is 13.3. The van der Waals surface area contributed by atoms with Gasteiger partial charge in [-0.15, -0.1) is 0 Å². The van der Waals surface area contributed by atoms with E-state index in [1.807, 2.05) is 24.0 Å². The highest BCUT2D eigenvalue weighted by Gasteiger charge is 2.29. The van der Waals surface area contributed by atoms with Gasteiger partial charge < -0.3 is 10.2 Å². The van der Waals surface area contributed by atoms with Crippen LogP contribution in [0, 0.1) is 6.92 Å². The Bertz CT molecular complexity index is 473. The van der Waals surface area contributed by atoms with Gasteiger partial charge in [-0.1, -0.05) is 29.8 Å². The highest BCUT2D eigenvalue weighted by molar-refractivity contribution is 9.10. The number of aryl methyl sites for hydroxylation is 1. The average Bonchev–Trinajstić information content (AvgIpc) is 2.35. The van der Waals surface area contributed by atoms with Gasteiger partial charge in [0, 0.05) is 22.7 Å². The van der Waals surface area contributed by atoms with Crippen LogP contribution < -0.4 is 10.2 Å². The lowest BCUT2D eigenvalue weighted by atomic mass is 10.0. The number of piperidine rings is 1. The van der Waals surface area contributed by atoms with Crippen LogP contribution in [0.25, 0.3) is 0 Å². The largest absolute Gasteiger partial charge is 0.311 e. The number of nitrogens with zero attached hydrogens (tertiary/aromatic N) is 1. The van der Waals surface area contributed by atoms with E-state index in [4.69, 9.17) is 0 Å². The molecule has 1 unspecified atom stereocenters. The average molecular weight is 325 g/mol. The van der Waals surface area contributed by atoms with Gasteiger partial charge in [-0.2, -0.15) is 0 Å². The summed E-state index contributed by atoms with van der Waals surface area (Å²) in [5, 5.41) is 3.36. The fourth-order valence-electron chi connectivity index (χ4n) is 2.49. The Kier molecular flexibility index (Phi) is 4.63. The minimum absolute atomic E-state index is 0.0438. The second kappa shape index (κ2) is 6.06. The molecule has 0 spiro atoms. The Morgan fingerprint density at radius 1 is 1.42 bits per heavy atom. The lowest BCUT2D eigenvalue weighted by Crippen LogP contribution is -2.52. The van der Waals surface area contributed by atoms with Crippen molar-refractivity contribution in [1.29, 1.82) is 0 Å². The lowest BCUT2D eigenvalue weighted by Gasteiger charge is -2.34. The Morgan fingerprint density at radius 2 is 2.16 bits per heavy atom. The molecule has 1 amide bonds. The molecule has 0 aliphatic carbocycles. The zero-order valence-electron chi connectivity index (χ0n) is 11.7. The molecule has 2 rings (SSSR count). The molecule has 104 valence electrons. The van der Waals surface area contributed by atoms with E-state index in [1.54, 1.807) is 0 Å². The van der Waals surface area contributed by atoms with Crippen molar-refractivity contribution in [2.45, 2.75) is 45.7 Å². The third kappa shape index (κ3) is 3.37. The molecule has 0 bridgehead atoms. The predicted molar refractivity (Wildman–Crippen MR) is 82.5 cm³/mol. The smallest absolute Gasteiger partial charge is 0.244 e. The van der Waals surface area contributed by atoms with E-state index in [-0.39, 0.29) is 11.9 Å². The number of nitrogens with one attached hydrogen (secondary N) is 1. The number of hydrogen-bond acceptors (Lipinski definition) is 2. The van der Waals surface area contributed by atoms with Crippen molar-refractivity contribution >= 4 is 27.5 Å². The summed E-state index contributed by atoms with van der Waals surface area (Å²) in [7, 11) is 0. The summed E-state index contributed by atoms with van der Waals surface area (Å²) in [5.41, 5.74) is 2.16. The minimum atomic E-state index is -0.0438. The van der Waals surface area contributed by atoms with Crippen molar-refractivity contribution in [3.63, 3.8) is 0 Å². The van der Waals surface area contributed by atoms with Crippen LogP contribution in [-0.2, 0) is 4.79 Å². The number of anilines is 1. The summed E-state index contributed by atoms with van der Waals surface area (Å²) in [4.78, 5) is 14.4. The SMILES string of the molecule is Cc1cc(N2CCCC(NC(C)C)C2=O)ccc1Br. The lowest BCUT2D eigenvalue weighted by molar-refractivity contribution is -0.121. The quantitative estimate of drug-likeness (QED) is 0.925. The van der Waals surface area contributed by atoms with E-state index >= 15 is 0 Å². The van der Waals surface area contributed by atoms with Gasteiger partial charge >= 0.3 is 0 Å². The van der Waals surface area contributed by atoms with Crippen molar-refractivity contribution in [2.75, 3.05) is 11.4 Å². The third-order valence-corrected chi connectivity index (χ3v) is 4.32. The number of benzene rings is 1. The molecule has 3 nitrogen and oxygen atoms in total. The highest BCUT2D eigenvalue weighted by Crippen LogP contribution is 2.26. The summed E-state index contributed by atoms with van der Waals surface area (Å²) in [5.74, 6) is 0.196. The Hall–Kier alpha value is -0.870. The fraction of sp³-hybridized carbons (Fsp3) is 0.533. The predicted octanol–water partition coefficient (Wildman–Crippen LogP) is 3.25. The molecule has 1 aromatic rings. The zero-order chi connectivity index (χ0) is 14.0. The van der Waals surface area contributed by atoms with Crippen molar-refractivity contribution in [2.24, 2.45) is 0 Å². The minimum Gasteiger partial charge on any atom is -0.311 e. The molecule has 0 saturated carbocycles. The number of hydrogen-bond donors (Lipinski definition) is 1. The first-order valence-corrected chi connectivity index (χ1v) is 7.62. The van der Waals surface area contributed by atoms with Crippen LogP contribution in [0.3, 0.4) is 0 Å². The van der Waals surface area contributed by atoms with Gasteiger partial charge in [0.25, 0.3) is 0 Å². The molecule has 0 aromatic heterocycles. The fourth-order valence-corrected chi connectivity index (χ4v) is 2.73. The molecule has 1 aromatic carbocycles. The molecule has 1 aliphatic heterocycles. The first kappa shape index (κ1) is 14.5. The molecule has 1 N–H and O–H groups in total. The van der Waals surface area contributed by atoms with Gasteiger partial charge in [0.15, 0.2) is 0 Å². The Labute approximate surface area is 123 Å². The number of carbonyl (C=O) groups excluding carboxylic acids is 1. The molecule has 4 heteroatoms. The van der Waals surface area contributed by atoms with Gasteiger partial charge in [-0.05, 0) is 43.5 Å². The molecule has 1 heterocycles. The maximum atomic E-state index is 12.5. The van der Waals surface area contributed by atoms with Gasteiger partial charge in [0.1, 0.15) is 0 Å². The monoisotopic (exact) mass is 324 g/mol. The van der Waals surface area contributed by atoms with Gasteiger partial charge in [0.05, 0.1) is 6.04 Å². The van der Waals surface area contributed by atoms with Crippen LogP contribution in [0.1, 0.15) is 32.3 Å². The van der Waals surface area contributed by atoms with Crippen LogP contribution in [0.4, 0.5) is 5.69 Å². The van der Waals surface area contributed by atoms with E-state index in [2.05, 4.69) is 41.2 Å². The van der Waals surface area contributed by atoms with Crippen molar-refractivity contribution in [1.82, 2.24) is 5.32 Å². The maximum absolute atomic E-state index is 12.5. The van der Waals surface area contributed by atoms with E-state index in [1.165, 1.54) is 0 Å². The second-order valence-corrected chi connectivity index (χ2v) is 6.29. The Morgan fingerprint density at radius 3 is 2.79 bits per heavy atom. The van der Waals surface area contributed by atoms with E-state index in [9.17, 15) is 4.79 Å². The van der Waals surface area contributed by atoms with Gasteiger partial charge in [-0.3, -0.25) is 4.79 Å².